The van der Waals surface area contributed by atoms with Crippen molar-refractivity contribution < 1.29 is 45.7 Å². The van der Waals surface area contributed by atoms with Crippen LogP contribution in [-0.4, -0.2) is 23.1 Å². The molecule has 0 aromatic heterocycles. The Bertz CT molecular complexity index is 1450. The molecule has 0 radical (unpaired) electrons. The van der Waals surface area contributed by atoms with E-state index in [-0.39, 0.29) is 24.7 Å². The molecular weight excluding hydrogens is 550 g/mol. The number of alkyl halides is 6. The summed E-state index contributed by atoms with van der Waals surface area (Å²) in [6.07, 6.45) is -9.93. The second kappa shape index (κ2) is 12.1. The van der Waals surface area contributed by atoms with Crippen LogP contribution in [0, 0.1) is 43.9 Å². The fraction of sp³-hybridized carbons (Fsp3) is 0.154. The second-order valence-electron chi connectivity index (χ2n) is 7.59. The van der Waals surface area contributed by atoms with Crippen molar-refractivity contribution in [2.24, 2.45) is 0 Å². The number of ether oxygens (including phenoxy) is 2. The predicted molar refractivity (Wildman–Crippen MR) is 127 cm³/mol. The number of nitro groups is 2. The molecule has 3 aromatic carbocycles. The van der Waals surface area contributed by atoms with Gasteiger partial charge in [0.15, 0.2) is 0 Å². The largest absolute Gasteiger partial charge is 0.481 e. The highest BCUT2D eigenvalue weighted by molar-refractivity contribution is 5.51. The summed E-state index contributed by atoms with van der Waals surface area (Å²) >= 11 is 0. The van der Waals surface area contributed by atoms with Gasteiger partial charge in [0.25, 0.3) is 11.4 Å². The second-order valence-corrected chi connectivity index (χ2v) is 7.59. The smallest absolute Gasteiger partial charge is 0.423 e. The number of nitrogens with zero attached hydrogens (tertiary/aromatic N) is 2. The average Bonchev–Trinajstić information content (AvgIpc) is 2.88. The molecule has 0 amide bonds. The Kier molecular flexibility index (Phi) is 8.86. The highest BCUT2D eigenvalue weighted by atomic mass is 19.4. The number of halogens is 6. The van der Waals surface area contributed by atoms with Gasteiger partial charge in [-0.25, -0.2) is 0 Å². The molecule has 3 rings (SSSR count). The van der Waals surface area contributed by atoms with E-state index in [2.05, 4.69) is 23.7 Å². The molecule has 206 valence electrons. The molecule has 3 aromatic rings. The lowest BCUT2D eigenvalue weighted by molar-refractivity contribution is -0.388. The van der Waals surface area contributed by atoms with Crippen molar-refractivity contribution in [1.82, 2.24) is 0 Å². The molecule has 0 aliphatic heterocycles. The summed E-state index contributed by atoms with van der Waals surface area (Å²) in [6, 6.07) is 10.8. The van der Waals surface area contributed by atoms with Gasteiger partial charge in [-0.1, -0.05) is 35.8 Å². The topological polar surface area (TPSA) is 105 Å². The van der Waals surface area contributed by atoms with Gasteiger partial charge < -0.3 is 9.47 Å². The van der Waals surface area contributed by atoms with Crippen molar-refractivity contribution in [3.05, 3.63) is 103 Å². The minimum atomic E-state index is -4.96. The van der Waals surface area contributed by atoms with E-state index in [0.29, 0.717) is 35.4 Å². The summed E-state index contributed by atoms with van der Waals surface area (Å²) in [6.45, 7) is -0.719. The van der Waals surface area contributed by atoms with Crippen LogP contribution in [-0.2, 0) is 12.4 Å². The van der Waals surface area contributed by atoms with Gasteiger partial charge in [0.2, 0.25) is 0 Å². The Hall–Kier alpha value is -5.24. The molecule has 0 saturated heterocycles. The first kappa shape index (κ1) is 29.3. The lowest BCUT2D eigenvalue weighted by Crippen LogP contribution is -2.09. The standard InChI is InChI=1S/C26H14F6N2O6/c27-25(28,29)21-15-19(9-11-23(21)33(35)36)39-13-3-7-17-5-1-2-6-18(17)8-4-14-40-20-10-12-24(34(37)38)22(16-20)26(30,31)32/h1-2,5-6,9-12,15-16H,13-14H2. The molecule has 0 saturated carbocycles. The maximum absolute atomic E-state index is 13.1. The van der Waals surface area contributed by atoms with Gasteiger partial charge in [-0.2, -0.15) is 26.3 Å². The first-order valence-electron chi connectivity index (χ1n) is 10.8. The Morgan fingerprint density at radius 3 is 1.35 bits per heavy atom. The third-order valence-electron chi connectivity index (χ3n) is 4.94. The summed E-state index contributed by atoms with van der Waals surface area (Å²) in [7, 11) is 0. The molecular formula is C26H14F6N2O6. The van der Waals surface area contributed by atoms with Crippen LogP contribution < -0.4 is 9.47 Å². The number of hydrogen-bond donors (Lipinski definition) is 0. The zero-order valence-electron chi connectivity index (χ0n) is 19.8. The minimum Gasteiger partial charge on any atom is -0.481 e. The maximum atomic E-state index is 13.1. The third-order valence-corrected chi connectivity index (χ3v) is 4.94. The van der Waals surface area contributed by atoms with Crippen molar-refractivity contribution >= 4 is 11.4 Å². The van der Waals surface area contributed by atoms with Gasteiger partial charge in [-0.15, -0.1) is 0 Å². The predicted octanol–water partition coefficient (Wildman–Crippen LogP) is 6.40. The average molecular weight is 564 g/mol. The van der Waals surface area contributed by atoms with E-state index in [1.807, 2.05) is 0 Å². The zero-order chi connectivity index (χ0) is 29.5. The quantitative estimate of drug-likeness (QED) is 0.149. The van der Waals surface area contributed by atoms with Crippen molar-refractivity contribution in [3.63, 3.8) is 0 Å². The number of hydrogen-bond acceptors (Lipinski definition) is 6. The van der Waals surface area contributed by atoms with Crippen LogP contribution >= 0.6 is 0 Å². The molecule has 8 nitrogen and oxygen atoms in total. The Morgan fingerprint density at radius 2 is 1.02 bits per heavy atom. The van der Waals surface area contributed by atoms with E-state index >= 15 is 0 Å². The highest BCUT2D eigenvalue weighted by Gasteiger charge is 2.39. The molecule has 0 bridgehead atoms. The van der Waals surface area contributed by atoms with E-state index in [4.69, 9.17) is 9.47 Å². The summed E-state index contributed by atoms with van der Waals surface area (Å²) in [5.74, 6) is 10.1. The van der Waals surface area contributed by atoms with E-state index in [9.17, 15) is 46.6 Å². The summed E-state index contributed by atoms with van der Waals surface area (Å²) in [4.78, 5) is 19.4. The molecule has 0 aliphatic rings. The molecule has 14 heteroatoms. The van der Waals surface area contributed by atoms with Crippen molar-refractivity contribution in [1.29, 1.82) is 0 Å². The maximum Gasteiger partial charge on any atom is 0.423 e. The Balaban J connectivity index is 1.68. The normalized spacial score (nSPS) is 10.9. The fourth-order valence-corrected chi connectivity index (χ4v) is 3.18. The monoisotopic (exact) mass is 564 g/mol. The first-order chi connectivity index (χ1) is 18.8. The van der Waals surface area contributed by atoms with Crippen molar-refractivity contribution in [2.75, 3.05) is 13.2 Å². The molecule has 0 spiro atoms. The summed E-state index contributed by atoms with van der Waals surface area (Å²) in [5, 5.41) is 21.7. The number of rotatable bonds is 6. The molecule has 0 aliphatic carbocycles. The van der Waals surface area contributed by atoms with Crippen LogP contribution in [0.25, 0.3) is 0 Å². The highest BCUT2D eigenvalue weighted by Crippen LogP contribution is 2.39. The minimum absolute atomic E-state index is 0.280. The van der Waals surface area contributed by atoms with Crippen molar-refractivity contribution in [2.45, 2.75) is 12.4 Å². The molecule has 0 heterocycles. The summed E-state index contributed by atoms with van der Waals surface area (Å²) < 4.78 is 88.9. The number of benzene rings is 3. The molecule has 0 fully saturated rings. The van der Waals surface area contributed by atoms with Crippen LogP contribution in [0.5, 0.6) is 11.5 Å². The van der Waals surface area contributed by atoms with Gasteiger partial charge in [0.05, 0.1) is 9.85 Å². The Morgan fingerprint density at radius 1 is 0.650 bits per heavy atom. The van der Waals surface area contributed by atoms with Crippen LogP contribution in [0.15, 0.2) is 60.7 Å². The van der Waals surface area contributed by atoms with Gasteiger partial charge in [-0.3, -0.25) is 20.2 Å². The molecule has 0 unspecified atom stereocenters. The van der Waals surface area contributed by atoms with Gasteiger partial charge in [0.1, 0.15) is 35.8 Å². The number of nitro benzene ring substituents is 2. The SMILES string of the molecule is O=[N+]([O-])c1ccc(OCC#Cc2ccccc2C#CCOc2ccc([N+](=O)[O-])c(C(F)(F)F)c2)cc1C(F)(F)F. The van der Waals surface area contributed by atoms with Crippen LogP contribution in [0.2, 0.25) is 0 Å². The van der Waals surface area contributed by atoms with E-state index in [1.54, 1.807) is 24.3 Å². The lowest BCUT2D eigenvalue weighted by Gasteiger charge is -2.09. The fourth-order valence-electron chi connectivity index (χ4n) is 3.18. The van der Waals surface area contributed by atoms with E-state index in [0.717, 1.165) is 12.1 Å². The van der Waals surface area contributed by atoms with Crippen LogP contribution in [0.1, 0.15) is 22.3 Å². The van der Waals surface area contributed by atoms with Crippen molar-refractivity contribution in [3.8, 4) is 35.2 Å². The van der Waals surface area contributed by atoms with Crippen LogP contribution in [0.4, 0.5) is 37.7 Å². The third kappa shape index (κ3) is 7.64. The van der Waals surface area contributed by atoms with Crippen LogP contribution in [0.3, 0.4) is 0 Å². The molecule has 0 atom stereocenters. The lowest BCUT2D eigenvalue weighted by atomic mass is 10.1. The molecule has 0 N–H and O–H groups in total. The van der Waals surface area contributed by atoms with E-state index < -0.39 is 44.7 Å². The Labute approximate surface area is 221 Å². The van der Waals surface area contributed by atoms with Gasteiger partial charge in [0, 0.05) is 23.3 Å². The molecule has 40 heavy (non-hydrogen) atoms. The van der Waals surface area contributed by atoms with Gasteiger partial charge >= 0.3 is 12.4 Å². The van der Waals surface area contributed by atoms with E-state index in [1.165, 1.54) is 0 Å². The van der Waals surface area contributed by atoms with Gasteiger partial charge in [-0.05, 0) is 36.4 Å². The zero-order valence-corrected chi connectivity index (χ0v) is 19.8. The summed E-state index contributed by atoms with van der Waals surface area (Å²) in [5.41, 5.74) is -4.36. The first-order valence-corrected chi connectivity index (χ1v) is 10.8.